The highest BCUT2D eigenvalue weighted by Gasteiger charge is 2.24. The molecule has 20 heavy (non-hydrogen) atoms. The first kappa shape index (κ1) is 14.7. The zero-order chi connectivity index (χ0) is 14.4. The van der Waals surface area contributed by atoms with Crippen molar-refractivity contribution in [2.45, 2.75) is 25.7 Å². The average molecular weight is 279 g/mol. The molecule has 2 heterocycles. The van der Waals surface area contributed by atoms with Crippen LogP contribution in [0.2, 0.25) is 0 Å². The van der Waals surface area contributed by atoms with Gasteiger partial charge in [0.05, 0.1) is 6.20 Å². The van der Waals surface area contributed by atoms with Crippen LogP contribution in [0.1, 0.15) is 36.2 Å². The number of likely N-dealkylation sites (tertiary alicyclic amines) is 1. The van der Waals surface area contributed by atoms with Crippen molar-refractivity contribution in [3.8, 4) is 0 Å². The van der Waals surface area contributed by atoms with Crippen LogP contribution in [0.4, 0.5) is 0 Å². The maximum atomic E-state index is 12.3. The van der Waals surface area contributed by atoms with Crippen LogP contribution in [-0.4, -0.2) is 47.6 Å². The van der Waals surface area contributed by atoms with E-state index in [0.29, 0.717) is 11.6 Å². The highest BCUT2D eigenvalue weighted by atomic mass is 16.5. The van der Waals surface area contributed by atoms with Crippen LogP contribution in [0.3, 0.4) is 0 Å². The number of ether oxygens (including phenoxy) is 1. The number of rotatable bonds is 5. The van der Waals surface area contributed by atoms with Crippen molar-refractivity contribution in [2.24, 2.45) is 5.92 Å². The van der Waals surface area contributed by atoms with Crippen molar-refractivity contribution in [1.29, 1.82) is 0 Å². The molecule has 0 bridgehead atoms. The molecule has 6 heteroatoms. The number of carbonyl (C=O) groups excluding carboxylic acids is 1. The maximum absolute atomic E-state index is 12.3. The molecular weight excluding hydrogens is 258 g/mol. The van der Waals surface area contributed by atoms with E-state index in [4.69, 9.17) is 4.74 Å². The van der Waals surface area contributed by atoms with E-state index in [2.05, 4.69) is 9.97 Å². The Bertz CT molecular complexity index is 480. The molecule has 1 N–H and O–H groups in total. The van der Waals surface area contributed by atoms with Gasteiger partial charge >= 0.3 is 0 Å². The monoisotopic (exact) mass is 279 g/mol. The van der Waals surface area contributed by atoms with Gasteiger partial charge in [0.15, 0.2) is 0 Å². The number of carbonyl (C=O) groups is 1. The molecule has 1 aliphatic rings. The number of methoxy groups -OCH3 is 1. The second-order valence-electron chi connectivity index (χ2n) is 5.19. The number of aromatic amines is 1. The van der Waals surface area contributed by atoms with Crippen molar-refractivity contribution in [3.05, 3.63) is 28.4 Å². The molecule has 6 nitrogen and oxygen atoms in total. The molecule has 1 aromatic rings. The molecule has 1 aromatic heterocycles. The molecule has 110 valence electrons. The standard InChI is InChI=1S/C14H21N3O3/c1-20-7-3-5-11-4-2-6-17(10-11)14(19)12-8-16-13(18)9-15-12/h8-9,11H,2-7,10H2,1H3,(H,16,18)/t11-/m1/s1. The Kier molecular flexibility index (Phi) is 5.29. The summed E-state index contributed by atoms with van der Waals surface area (Å²) < 4.78 is 5.06. The molecule has 0 saturated carbocycles. The zero-order valence-corrected chi connectivity index (χ0v) is 11.8. The molecular formula is C14H21N3O3. The summed E-state index contributed by atoms with van der Waals surface area (Å²) in [6.45, 7) is 2.30. The molecule has 1 saturated heterocycles. The molecule has 1 amide bonds. The molecule has 2 rings (SSSR count). The van der Waals surface area contributed by atoms with E-state index in [1.165, 1.54) is 6.20 Å². The SMILES string of the molecule is COCCC[C@H]1CCCN(C(=O)c2c[nH]c(=O)cn2)C1. The van der Waals surface area contributed by atoms with E-state index in [0.717, 1.165) is 51.6 Å². The number of amides is 1. The Morgan fingerprint density at radius 2 is 2.45 bits per heavy atom. The van der Waals surface area contributed by atoms with Gasteiger partial charge in [-0.25, -0.2) is 4.98 Å². The molecule has 1 fully saturated rings. The van der Waals surface area contributed by atoms with Crippen LogP contribution in [0, 0.1) is 5.92 Å². The maximum Gasteiger partial charge on any atom is 0.273 e. The number of piperidine rings is 1. The van der Waals surface area contributed by atoms with Gasteiger partial charge in [0.25, 0.3) is 11.5 Å². The first-order valence-corrected chi connectivity index (χ1v) is 7.03. The average Bonchev–Trinajstić information content (AvgIpc) is 2.48. The Labute approximate surface area is 118 Å². The van der Waals surface area contributed by atoms with E-state index in [9.17, 15) is 9.59 Å². The Hall–Kier alpha value is -1.69. The van der Waals surface area contributed by atoms with Crippen LogP contribution in [0.5, 0.6) is 0 Å². The van der Waals surface area contributed by atoms with E-state index >= 15 is 0 Å². The minimum absolute atomic E-state index is 0.0994. The van der Waals surface area contributed by atoms with E-state index in [-0.39, 0.29) is 11.5 Å². The molecule has 0 unspecified atom stereocenters. The summed E-state index contributed by atoms with van der Waals surface area (Å²) >= 11 is 0. The van der Waals surface area contributed by atoms with Crippen molar-refractivity contribution < 1.29 is 9.53 Å². The molecule has 0 radical (unpaired) electrons. The van der Waals surface area contributed by atoms with Gasteiger partial charge in [-0.1, -0.05) is 0 Å². The number of nitrogens with one attached hydrogen (secondary N) is 1. The molecule has 0 spiro atoms. The predicted molar refractivity (Wildman–Crippen MR) is 74.6 cm³/mol. The Morgan fingerprint density at radius 3 is 3.15 bits per heavy atom. The van der Waals surface area contributed by atoms with Gasteiger partial charge in [0, 0.05) is 33.0 Å². The fraction of sp³-hybridized carbons (Fsp3) is 0.643. The van der Waals surface area contributed by atoms with Gasteiger partial charge < -0.3 is 14.6 Å². The minimum atomic E-state index is -0.294. The third-order valence-electron chi connectivity index (χ3n) is 3.66. The number of H-pyrrole nitrogens is 1. The molecule has 1 aliphatic heterocycles. The van der Waals surface area contributed by atoms with Gasteiger partial charge in [0.2, 0.25) is 0 Å². The summed E-state index contributed by atoms with van der Waals surface area (Å²) in [5, 5.41) is 0. The summed E-state index contributed by atoms with van der Waals surface area (Å²) in [6, 6.07) is 0. The number of nitrogens with zero attached hydrogens (tertiary/aromatic N) is 2. The number of hydrogen-bond donors (Lipinski definition) is 1. The van der Waals surface area contributed by atoms with Crippen LogP contribution in [0.15, 0.2) is 17.2 Å². The minimum Gasteiger partial charge on any atom is -0.385 e. The van der Waals surface area contributed by atoms with E-state index in [1.54, 1.807) is 7.11 Å². The predicted octanol–water partition coefficient (Wildman–Crippen LogP) is 1.05. The lowest BCUT2D eigenvalue weighted by Crippen LogP contribution is -2.40. The molecule has 0 aromatic carbocycles. The Morgan fingerprint density at radius 1 is 1.60 bits per heavy atom. The summed E-state index contributed by atoms with van der Waals surface area (Å²) in [5.74, 6) is 0.434. The lowest BCUT2D eigenvalue weighted by Gasteiger charge is -2.32. The summed E-state index contributed by atoms with van der Waals surface area (Å²) in [7, 11) is 1.71. The van der Waals surface area contributed by atoms with Crippen LogP contribution in [0.25, 0.3) is 0 Å². The van der Waals surface area contributed by atoms with Gasteiger partial charge in [-0.3, -0.25) is 9.59 Å². The molecule has 0 aliphatic carbocycles. The second-order valence-corrected chi connectivity index (χ2v) is 5.19. The van der Waals surface area contributed by atoms with Gasteiger partial charge in [-0.15, -0.1) is 0 Å². The van der Waals surface area contributed by atoms with Crippen molar-refractivity contribution >= 4 is 5.91 Å². The largest absolute Gasteiger partial charge is 0.385 e. The first-order chi connectivity index (χ1) is 9.70. The first-order valence-electron chi connectivity index (χ1n) is 7.03. The highest BCUT2D eigenvalue weighted by molar-refractivity contribution is 5.92. The third-order valence-corrected chi connectivity index (χ3v) is 3.66. The van der Waals surface area contributed by atoms with Crippen LogP contribution < -0.4 is 5.56 Å². The number of hydrogen-bond acceptors (Lipinski definition) is 4. The van der Waals surface area contributed by atoms with Crippen molar-refractivity contribution in [1.82, 2.24) is 14.9 Å². The smallest absolute Gasteiger partial charge is 0.273 e. The third kappa shape index (κ3) is 3.90. The fourth-order valence-electron chi connectivity index (χ4n) is 2.62. The zero-order valence-electron chi connectivity index (χ0n) is 11.8. The van der Waals surface area contributed by atoms with E-state index < -0.39 is 0 Å². The lowest BCUT2D eigenvalue weighted by atomic mass is 9.93. The molecule has 1 atom stereocenters. The lowest BCUT2D eigenvalue weighted by molar-refractivity contribution is 0.0654. The summed E-state index contributed by atoms with van der Waals surface area (Å²) in [6.07, 6.45) is 6.82. The summed E-state index contributed by atoms with van der Waals surface area (Å²) in [4.78, 5) is 31.5. The van der Waals surface area contributed by atoms with E-state index in [1.807, 2.05) is 4.90 Å². The van der Waals surface area contributed by atoms with Crippen molar-refractivity contribution in [2.75, 3.05) is 26.8 Å². The van der Waals surface area contributed by atoms with Gasteiger partial charge in [-0.2, -0.15) is 0 Å². The number of aromatic nitrogens is 2. The normalized spacial score (nSPS) is 19.1. The van der Waals surface area contributed by atoms with Gasteiger partial charge in [0.1, 0.15) is 5.69 Å². The van der Waals surface area contributed by atoms with Gasteiger partial charge in [-0.05, 0) is 31.6 Å². The van der Waals surface area contributed by atoms with Crippen molar-refractivity contribution in [3.63, 3.8) is 0 Å². The van der Waals surface area contributed by atoms with Crippen LogP contribution >= 0.6 is 0 Å². The Balaban J connectivity index is 1.92. The summed E-state index contributed by atoms with van der Waals surface area (Å²) in [5.41, 5.74) is 0.0137. The second kappa shape index (κ2) is 7.19. The topological polar surface area (TPSA) is 75.3 Å². The highest BCUT2D eigenvalue weighted by Crippen LogP contribution is 2.21. The van der Waals surface area contributed by atoms with Crippen LogP contribution in [-0.2, 0) is 4.74 Å². The quantitative estimate of drug-likeness (QED) is 0.817. The fourth-order valence-corrected chi connectivity index (χ4v) is 2.62.